The molecule has 1 aliphatic rings. The second kappa shape index (κ2) is 3.77. The Morgan fingerprint density at radius 2 is 1.73 bits per heavy atom. The monoisotopic (exact) mass is 202 g/mol. The first-order valence-corrected chi connectivity index (χ1v) is 4.82. The van der Waals surface area contributed by atoms with Crippen molar-refractivity contribution in [2.75, 3.05) is 0 Å². The molecule has 0 N–H and O–H groups in total. The third-order valence-electron chi connectivity index (χ3n) is 2.60. The Morgan fingerprint density at radius 3 is 2.27 bits per heavy atom. The van der Waals surface area contributed by atoms with E-state index in [1.165, 1.54) is 0 Å². The van der Waals surface area contributed by atoms with Crippen molar-refractivity contribution in [2.24, 2.45) is 5.92 Å². The number of rotatable bonds is 2. The van der Waals surface area contributed by atoms with Crippen molar-refractivity contribution in [3.63, 3.8) is 0 Å². The van der Waals surface area contributed by atoms with Gasteiger partial charge in [0, 0.05) is 0 Å². The topological polar surface area (TPSA) is 51.2 Å². The van der Waals surface area contributed by atoms with Gasteiger partial charge in [-0.15, -0.1) is 0 Å². The smallest absolute Gasteiger partial charge is 0.209 e. The van der Waals surface area contributed by atoms with Gasteiger partial charge in [-0.1, -0.05) is 30.3 Å². The first-order valence-electron chi connectivity index (χ1n) is 4.82. The average Bonchev–Trinajstić information content (AvgIpc) is 2.47. The molecule has 1 atom stereocenters. The number of carbonyl (C=O) groups excluding carboxylic acids is 3. The zero-order valence-electron chi connectivity index (χ0n) is 8.10. The Bertz CT molecular complexity index is 420. The fourth-order valence-corrected chi connectivity index (χ4v) is 1.77. The van der Waals surface area contributed by atoms with Gasteiger partial charge in [-0.3, -0.25) is 14.4 Å². The molecule has 76 valence electrons. The van der Waals surface area contributed by atoms with Crippen LogP contribution in [0.5, 0.6) is 0 Å². The van der Waals surface area contributed by atoms with E-state index in [0.29, 0.717) is 6.42 Å². The Balaban J connectivity index is 2.16. The number of hydrogen-bond acceptors (Lipinski definition) is 3. The van der Waals surface area contributed by atoms with E-state index in [1.54, 1.807) is 0 Å². The van der Waals surface area contributed by atoms with Gasteiger partial charge in [-0.05, 0) is 12.0 Å². The molecule has 0 amide bonds. The minimum Gasteiger partial charge on any atom is -0.298 e. The molecule has 1 saturated carbocycles. The molecular formula is C12H10O3. The Morgan fingerprint density at radius 1 is 1.07 bits per heavy atom. The molecule has 3 heteroatoms. The summed E-state index contributed by atoms with van der Waals surface area (Å²) in [5.74, 6) is -2.04. The van der Waals surface area contributed by atoms with E-state index in [4.69, 9.17) is 0 Å². The van der Waals surface area contributed by atoms with Gasteiger partial charge in [0.25, 0.3) is 0 Å². The lowest BCUT2D eigenvalue weighted by Crippen LogP contribution is -2.19. The summed E-state index contributed by atoms with van der Waals surface area (Å²) in [6.45, 7) is 0. The molecule has 0 heterocycles. The van der Waals surface area contributed by atoms with Crippen LogP contribution in [0.2, 0.25) is 0 Å². The number of benzene rings is 1. The summed E-state index contributed by atoms with van der Waals surface area (Å²) in [5, 5.41) is 0. The van der Waals surface area contributed by atoms with Crippen molar-refractivity contribution in [1.82, 2.24) is 0 Å². The van der Waals surface area contributed by atoms with Gasteiger partial charge in [0.1, 0.15) is 0 Å². The highest BCUT2D eigenvalue weighted by atomic mass is 16.2. The highest BCUT2D eigenvalue weighted by Gasteiger charge is 2.39. The lowest BCUT2D eigenvalue weighted by Gasteiger charge is -2.04. The van der Waals surface area contributed by atoms with E-state index in [0.717, 1.165) is 5.56 Å². The summed E-state index contributed by atoms with van der Waals surface area (Å²) in [7, 11) is 0. The first-order chi connectivity index (χ1) is 7.18. The second-order valence-corrected chi connectivity index (χ2v) is 3.67. The van der Waals surface area contributed by atoms with Gasteiger partial charge in [0.15, 0.2) is 5.78 Å². The van der Waals surface area contributed by atoms with E-state index in [1.807, 2.05) is 30.3 Å². The zero-order chi connectivity index (χ0) is 10.8. The van der Waals surface area contributed by atoms with Gasteiger partial charge in [-0.25, -0.2) is 0 Å². The molecule has 3 nitrogen and oxygen atoms in total. The molecule has 1 aliphatic carbocycles. The summed E-state index contributed by atoms with van der Waals surface area (Å²) in [5.41, 5.74) is 0.916. The molecule has 15 heavy (non-hydrogen) atoms. The van der Waals surface area contributed by atoms with Crippen LogP contribution in [0.3, 0.4) is 0 Å². The van der Waals surface area contributed by atoms with Gasteiger partial charge in [-0.2, -0.15) is 0 Å². The molecule has 0 radical (unpaired) electrons. The van der Waals surface area contributed by atoms with E-state index in [9.17, 15) is 14.4 Å². The van der Waals surface area contributed by atoms with Crippen molar-refractivity contribution in [2.45, 2.75) is 12.8 Å². The Hall–Kier alpha value is -1.77. The van der Waals surface area contributed by atoms with Crippen molar-refractivity contribution < 1.29 is 14.4 Å². The molecule has 1 fully saturated rings. The van der Waals surface area contributed by atoms with Crippen LogP contribution < -0.4 is 0 Å². The second-order valence-electron chi connectivity index (χ2n) is 3.67. The largest absolute Gasteiger partial charge is 0.298 e. The first kappa shape index (κ1) is 9.77. The minimum absolute atomic E-state index is 0.212. The molecule has 2 rings (SSSR count). The van der Waals surface area contributed by atoms with Crippen molar-refractivity contribution >= 4 is 17.3 Å². The third-order valence-corrected chi connectivity index (χ3v) is 2.60. The number of hydrogen-bond donors (Lipinski definition) is 0. The summed E-state index contributed by atoms with van der Waals surface area (Å²) >= 11 is 0. The van der Waals surface area contributed by atoms with Crippen molar-refractivity contribution in [1.29, 1.82) is 0 Å². The maximum Gasteiger partial charge on any atom is 0.209 e. The summed E-state index contributed by atoms with van der Waals surface area (Å²) < 4.78 is 0. The summed E-state index contributed by atoms with van der Waals surface area (Å²) in [6.07, 6.45) is 0.139. The quantitative estimate of drug-likeness (QED) is 0.530. The maximum absolute atomic E-state index is 11.4. The lowest BCUT2D eigenvalue weighted by molar-refractivity contribution is -0.136. The molecule has 0 spiro atoms. The third kappa shape index (κ3) is 1.86. The molecule has 1 aromatic rings. The highest BCUT2D eigenvalue weighted by Crippen LogP contribution is 2.19. The lowest BCUT2D eigenvalue weighted by atomic mass is 9.96. The SMILES string of the molecule is O=C1CC(=O)C(Cc2ccccc2)C1=O. The fourth-order valence-electron chi connectivity index (χ4n) is 1.77. The van der Waals surface area contributed by atoms with E-state index >= 15 is 0 Å². The molecular weight excluding hydrogens is 192 g/mol. The van der Waals surface area contributed by atoms with Gasteiger partial charge < -0.3 is 0 Å². The minimum atomic E-state index is -0.736. The highest BCUT2D eigenvalue weighted by molar-refractivity contribution is 6.49. The predicted octanol–water partition coefficient (Wildman–Crippen LogP) is 0.956. The molecule has 1 unspecified atom stereocenters. The number of ketones is 3. The Labute approximate surface area is 87.1 Å². The van der Waals surface area contributed by atoms with E-state index < -0.39 is 17.5 Å². The molecule has 0 bridgehead atoms. The maximum atomic E-state index is 11.4. The van der Waals surface area contributed by atoms with Crippen LogP contribution in [0.4, 0.5) is 0 Å². The zero-order valence-corrected chi connectivity index (χ0v) is 8.10. The van der Waals surface area contributed by atoms with Gasteiger partial charge in [0.2, 0.25) is 11.6 Å². The van der Waals surface area contributed by atoms with Crippen molar-refractivity contribution in [3.8, 4) is 0 Å². The van der Waals surface area contributed by atoms with Crippen LogP contribution in [0.25, 0.3) is 0 Å². The van der Waals surface area contributed by atoms with Crippen LogP contribution in [-0.2, 0) is 20.8 Å². The van der Waals surface area contributed by atoms with Crippen molar-refractivity contribution in [3.05, 3.63) is 35.9 Å². The van der Waals surface area contributed by atoms with Crippen LogP contribution >= 0.6 is 0 Å². The molecule has 0 aromatic heterocycles. The predicted molar refractivity (Wildman–Crippen MR) is 53.3 cm³/mol. The molecule has 1 aromatic carbocycles. The van der Waals surface area contributed by atoms with Gasteiger partial charge >= 0.3 is 0 Å². The molecule has 0 saturated heterocycles. The summed E-state index contributed by atoms with van der Waals surface area (Å²) in [4.78, 5) is 33.7. The van der Waals surface area contributed by atoms with E-state index in [-0.39, 0.29) is 12.2 Å². The fraction of sp³-hybridized carbons (Fsp3) is 0.250. The van der Waals surface area contributed by atoms with Gasteiger partial charge in [0.05, 0.1) is 12.3 Å². The van der Waals surface area contributed by atoms with E-state index in [2.05, 4.69) is 0 Å². The number of Topliss-reactive ketones (excluding diaryl/α,β-unsaturated/α-hetero) is 3. The number of carbonyl (C=O) groups is 3. The summed E-state index contributed by atoms with van der Waals surface area (Å²) in [6, 6.07) is 9.27. The van der Waals surface area contributed by atoms with Crippen LogP contribution in [-0.4, -0.2) is 17.3 Å². The standard InChI is InChI=1S/C12H10O3/c13-10-7-11(14)12(15)9(10)6-8-4-2-1-3-5-8/h1-5,9H,6-7H2. The molecule has 0 aliphatic heterocycles. The average molecular weight is 202 g/mol. The normalized spacial score (nSPS) is 21.1. The Kier molecular flexibility index (Phi) is 2.46. The van der Waals surface area contributed by atoms with Crippen LogP contribution in [0.1, 0.15) is 12.0 Å². The van der Waals surface area contributed by atoms with Crippen LogP contribution in [0.15, 0.2) is 30.3 Å². The van der Waals surface area contributed by atoms with Crippen LogP contribution in [0, 0.1) is 5.92 Å².